The van der Waals surface area contributed by atoms with Gasteiger partial charge in [-0.2, -0.15) is 0 Å². The Hall–Kier alpha value is -2.81. The van der Waals surface area contributed by atoms with Crippen molar-refractivity contribution in [3.8, 4) is 5.75 Å². The van der Waals surface area contributed by atoms with Gasteiger partial charge < -0.3 is 29.5 Å². The van der Waals surface area contributed by atoms with E-state index in [1.54, 1.807) is 30.1 Å². The molecule has 2 fully saturated rings. The van der Waals surface area contributed by atoms with Gasteiger partial charge in [-0.15, -0.1) is 0 Å². The van der Waals surface area contributed by atoms with Gasteiger partial charge >= 0.3 is 5.97 Å². The fraction of sp³-hybridized carbons (Fsp3) is 0.600. The number of carbonyl (C=O) groups is 2. The van der Waals surface area contributed by atoms with Crippen LogP contribution in [0.2, 0.25) is 5.02 Å². The molecule has 2 aromatic rings. The molecule has 0 aromatic heterocycles. The molecule has 1 saturated carbocycles. The van der Waals surface area contributed by atoms with Crippen LogP contribution in [-0.2, 0) is 31.8 Å². The summed E-state index contributed by atoms with van der Waals surface area (Å²) in [5, 5.41) is 22.7. The number of benzene rings is 2. The molecule has 1 amide bonds. The summed E-state index contributed by atoms with van der Waals surface area (Å²) in [6.45, 7) is 3.27. The van der Waals surface area contributed by atoms with E-state index in [9.17, 15) is 19.8 Å². The number of ether oxygens (including phenoxy) is 2. The van der Waals surface area contributed by atoms with Gasteiger partial charge in [0.15, 0.2) is 5.60 Å². The van der Waals surface area contributed by atoms with Crippen LogP contribution in [-0.4, -0.2) is 73.0 Å². The Balaban J connectivity index is 1.32. The molecule has 3 heterocycles. The number of halogens is 1. The Morgan fingerprint density at radius 1 is 1.11 bits per heavy atom. The molecule has 4 bridgehead atoms. The Bertz CT molecular complexity index is 1450. The second-order valence-corrected chi connectivity index (χ2v) is 14.5. The van der Waals surface area contributed by atoms with Gasteiger partial charge in [-0.3, -0.25) is 4.79 Å². The number of anilines is 1. The van der Waals surface area contributed by atoms with Gasteiger partial charge in [0.1, 0.15) is 5.75 Å². The minimum absolute atomic E-state index is 0.198. The number of hydrogen-bond donors (Lipinski definition) is 2. The third-order valence-corrected chi connectivity index (χ3v) is 11.6. The summed E-state index contributed by atoms with van der Waals surface area (Å²) in [7, 11) is 1.70. The summed E-state index contributed by atoms with van der Waals surface area (Å²) in [4.78, 5) is 29.9. The molecule has 7 rings (SSSR count). The van der Waals surface area contributed by atoms with Crippen LogP contribution >= 0.6 is 11.6 Å². The van der Waals surface area contributed by atoms with Crippen LogP contribution in [0, 0.1) is 17.8 Å². The first-order valence-corrected chi connectivity index (χ1v) is 16.7. The molecule has 1 saturated heterocycles. The molecule has 5 aliphatic rings. The summed E-state index contributed by atoms with van der Waals surface area (Å²) in [5.41, 5.74) is 0.895. The van der Waals surface area contributed by atoms with Crippen molar-refractivity contribution in [2.75, 3.05) is 44.8 Å². The second kappa shape index (κ2) is 11.5. The maximum Gasteiger partial charge on any atom is 0.340 e. The SMILES string of the molecule is CN1CC[C@@H]2CCO[C@@H](C2)[C@@H]2CC[C@H]2CN2C[C@@]3(CCCc4cc(Cl)ccc43)COc3ccc(cc32)[C@@](O)(C(=O)O)CC1=O. The number of carbonyl (C=O) groups excluding carboxylic acids is 1. The van der Waals surface area contributed by atoms with E-state index in [2.05, 4.69) is 17.0 Å². The Morgan fingerprint density at radius 2 is 1.98 bits per heavy atom. The lowest BCUT2D eigenvalue weighted by Crippen LogP contribution is -2.50. The normalized spacial score (nSPS) is 33.8. The lowest BCUT2D eigenvalue weighted by atomic mass is 9.67. The average molecular weight is 623 g/mol. The number of nitrogens with zero attached hydrogens (tertiary/aromatic N) is 2. The van der Waals surface area contributed by atoms with Crippen LogP contribution in [0.5, 0.6) is 5.75 Å². The first kappa shape index (κ1) is 29.9. The fourth-order valence-electron chi connectivity index (χ4n) is 8.58. The van der Waals surface area contributed by atoms with Crippen molar-refractivity contribution in [2.45, 2.75) is 74.9 Å². The maximum absolute atomic E-state index is 13.3. The van der Waals surface area contributed by atoms with Crippen molar-refractivity contribution in [2.24, 2.45) is 17.8 Å². The molecule has 2 aromatic carbocycles. The minimum atomic E-state index is -2.36. The second-order valence-electron chi connectivity index (χ2n) is 14.0. The van der Waals surface area contributed by atoms with Gasteiger partial charge in [0.2, 0.25) is 5.91 Å². The van der Waals surface area contributed by atoms with Gasteiger partial charge in [-0.1, -0.05) is 23.7 Å². The van der Waals surface area contributed by atoms with E-state index in [0.29, 0.717) is 43.2 Å². The Morgan fingerprint density at radius 3 is 2.77 bits per heavy atom. The first-order chi connectivity index (χ1) is 21.1. The quantitative estimate of drug-likeness (QED) is 0.453. The molecule has 1 spiro atoms. The number of aliphatic carboxylic acids is 1. The van der Waals surface area contributed by atoms with Crippen LogP contribution in [0.25, 0.3) is 0 Å². The number of hydrogen-bond acceptors (Lipinski definition) is 6. The predicted octanol–water partition coefficient (Wildman–Crippen LogP) is 5.16. The molecule has 9 heteroatoms. The number of carboxylic acids is 1. The highest BCUT2D eigenvalue weighted by Gasteiger charge is 2.47. The van der Waals surface area contributed by atoms with Gasteiger partial charge in [0.05, 0.1) is 24.8 Å². The van der Waals surface area contributed by atoms with Crippen molar-refractivity contribution in [1.82, 2.24) is 4.90 Å². The summed E-state index contributed by atoms with van der Waals surface area (Å²) in [5.74, 6) is 0.219. The van der Waals surface area contributed by atoms with E-state index in [-0.39, 0.29) is 23.0 Å². The van der Waals surface area contributed by atoms with Crippen LogP contribution in [0.1, 0.15) is 68.1 Å². The zero-order chi connectivity index (χ0) is 30.6. The third kappa shape index (κ3) is 5.27. The lowest BCUT2D eigenvalue weighted by molar-refractivity contribution is -0.164. The van der Waals surface area contributed by atoms with E-state index in [1.807, 2.05) is 6.07 Å². The van der Waals surface area contributed by atoms with Crippen molar-refractivity contribution in [3.63, 3.8) is 0 Å². The van der Waals surface area contributed by atoms with Gasteiger partial charge in [-0.05, 0) is 110 Å². The summed E-state index contributed by atoms with van der Waals surface area (Å²) < 4.78 is 13.0. The van der Waals surface area contributed by atoms with Crippen LogP contribution in [0.3, 0.4) is 0 Å². The number of carboxylic acid groups (broad SMARTS) is 1. The highest BCUT2D eigenvalue weighted by molar-refractivity contribution is 6.30. The molecule has 3 aliphatic heterocycles. The number of aryl methyl sites for hydroxylation is 1. The predicted molar refractivity (Wildman–Crippen MR) is 167 cm³/mol. The molecule has 8 nitrogen and oxygen atoms in total. The Labute approximate surface area is 264 Å². The molecule has 0 unspecified atom stereocenters. The minimum Gasteiger partial charge on any atom is -0.490 e. The zero-order valence-electron chi connectivity index (χ0n) is 25.5. The highest BCUT2D eigenvalue weighted by atomic mass is 35.5. The van der Waals surface area contributed by atoms with E-state index >= 15 is 0 Å². The average Bonchev–Trinajstić information content (AvgIpc) is 3.14. The summed E-state index contributed by atoms with van der Waals surface area (Å²) >= 11 is 6.43. The molecule has 0 radical (unpaired) electrons. The maximum atomic E-state index is 13.3. The van der Waals surface area contributed by atoms with Crippen LogP contribution in [0.15, 0.2) is 36.4 Å². The van der Waals surface area contributed by atoms with E-state index < -0.39 is 18.0 Å². The summed E-state index contributed by atoms with van der Waals surface area (Å²) in [6.07, 6.45) is 7.75. The first-order valence-electron chi connectivity index (χ1n) is 16.3. The van der Waals surface area contributed by atoms with E-state index in [0.717, 1.165) is 75.2 Å². The highest BCUT2D eigenvalue weighted by Crippen LogP contribution is 2.48. The molecule has 44 heavy (non-hydrogen) atoms. The third-order valence-electron chi connectivity index (χ3n) is 11.4. The standard InChI is InChI=1S/C35H43ClN2O6/c1-37-13-10-22-11-14-43-31(15-22)27-7-4-24(27)19-38-20-34(12-2-3-23-16-26(36)6-8-28(23)34)21-44-30-9-5-25(17-29(30)38)35(42,33(40)41)18-32(37)39/h5-6,8-9,16-17,22,24,27,31,42H,2-4,7,10-15,18-21H2,1H3,(H,40,41)/t22-,24+,27-,31+,34+,35-/m1/s1. The molecular weight excluding hydrogens is 580 g/mol. The number of aliphatic hydroxyl groups is 1. The monoisotopic (exact) mass is 622 g/mol. The molecule has 2 N–H and O–H groups in total. The van der Waals surface area contributed by atoms with Gasteiger partial charge in [0.25, 0.3) is 0 Å². The van der Waals surface area contributed by atoms with E-state index in [1.165, 1.54) is 11.1 Å². The van der Waals surface area contributed by atoms with Crippen molar-refractivity contribution in [3.05, 3.63) is 58.1 Å². The lowest BCUT2D eigenvalue weighted by Gasteiger charge is -2.48. The van der Waals surface area contributed by atoms with Crippen molar-refractivity contribution < 1.29 is 29.3 Å². The zero-order valence-corrected chi connectivity index (χ0v) is 26.2. The number of amides is 1. The smallest absolute Gasteiger partial charge is 0.340 e. The molecule has 6 atom stereocenters. The Kier molecular flexibility index (Phi) is 7.82. The van der Waals surface area contributed by atoms with E-state index in [4.69, 9.17) is 21.1 Å². The molecule has 2 aliphatic carbocycles. The van der Waals surface area contributed by atoms with Crippen LogP contribution < -0.4 is 9.64 Å². The van der Waals surface area contributed by atoms with Gasteiger partial charge in [0, 0.05) is 43.7 Å². The summed E-state index contributed by atoms with van der Waals surface area (Å²) in [6, 6.07) is 11.4. The number of fused-ring (bicyclic) bond motifs is 7. The molecular formula is C35H43ClN2O6. The van der Waals surface area contributed by atoms with Crippen molar-refractivity contribution in [1.29, 1.82) is 0 Å². The number of rotatable bonds is 1. The largest absolute Gasteiger partial charge is 0.490 e. The molecule has 236 valence electrons. The van der Waals surface area contributed by atoms with Crippen molar-refractivity contribution >= 4 is 29.2 Å². The van der Waals surface area contributed by atoms with Gasteiger partial charge in [-0.25, -0.2) is 4.79 Å². The topological polar surface area (TPSA) is 99.5 Å². The van der Waals surface area contributed by atoms with Crippen LogP contribution in [0.4, 0.5) is 5.69 Å². The fourth-order valence-corrected chi connectivity index (χ4v) is 8.78.